The Morgan fingerprint density at radius 1 is 0.760 bits per heavy atom. The van der Waals surface area contributed by atoms with E-state index < -0.39 is 69.5 Å². The van der Waals surface area contributed by atoms with Gasteiger partial charge in [-0.2, -0.15) is 9.97 Å². The van der Waals surface area contributed by atoms with Crippen molar-refractivity contribution in [3.05, 3.63) is 43.2 Å². The molecule has 0 spiro atoms. The number of carboxylic acids is 2. The van der Waals surface area contributed by atoms with Crippen LogP contribution in [0.2, 0.25) is 0 Å². The summed E-state index contributed by atoms with van der Waals surface area (Å²) in [7, 11) is 2.98. The number of fused-ring (bicyclic) bond motifs is 2. The van der Waals surface area contributed by atoms with Gasteiger partial charge in [-0.1, -0.05) is 23.5 Å². The molecule has 6 rings (SSSR count). The van der Waals surface area contributed by atoms with Gasteiger partial charge in [0.25, 0.3) is 11.8 Å². The minimum atomic E-state index is -1.44. The summed E-state index contributed by atoms with van der Waals surface area (Å²) in [5.41, 5.74) is 10.2. The zero-order chi connectivity index (χ0) is 35.2. The minimum Gasteiger partial charge on any atom is -0.543 e. The molecule has 4 aliphatic rings. The Labute approximate surface area is 342 Å². The van der Waals surface area contributed by atoms with Gasteiger partial charge in [0.1, 0.15) is 22.8 Å². The smallest absolute Gasteiger partial charge is 0.543 e. The fraction of sp³-hybridized carbons (Fsp3) is 0.417. The molecule has 26 heteroatoms. The maximum absolute atomic E-state index is 11.8. The predicted octanol–water partition coefficient (Wildman–Crippen LogP) is -11.6. The van der Waals surface area contributed by atoms with E-state index in [-0.39, 0.29) is 92.3 Å². The number of β-lactam (4-membered cyclic amide) rings is 2. The van der Waals surface area contributed by atoms with Crippen LogP contribution in [0, 0.1) is 0 Å². The van der Waals surface area contributed by atoms with E-state index in [9.17, 15) is 49.2 Å². The third-order valence-corrected chi connectivity index (χ3v) is 12.1. The van der Waals surface area contributed by atoms with Crippen LogP contribution in [0.25, 0.3) is 0 Å². The van der Waals surface area contributed by atoms with Crippen molar-refractivity contribution < 1.29 is 98.7 Å². The number of hydrogen-bond acceptors (Lipinski definition) is 20. The van der Waals surface area contributed by atoms with Gasteiger partial charge < -0.3 is 41.5 Å². The molecule has 2 saturated heterocycles. The third kappa shape index (κ3) is 8.25. The Morgan fingerprint density at radius 2 is 1.10 bits per heavy atom. The minimum absolute atomic E-state index is 0. The van der Waals surface area contributed by atoms with E-state index in [1.54, 1.807) is 0 Å². The monoisotopic (exact) mass is 786 g/mol. The van der Waals surface area contributed by atoms with Crippen LogP contribution in [0.1, 0.15) is 0 Å². The van der Waals surface area contributed by atoms with Crippen molar-refractivity contribution in [2.45, 2.75) is 33.1 Å². The number of nitrogens with two attached hydrogens (primary N) is 2. The van der Waals surface area contributed by atoms with Crippen LogP contribution < -0.4 is 91.9 Å². The summed E-state index contributed by atoms with van der Waals surface area (Å²) in [6.45, 7) is 0. The summed E-state index contributed by atoms with van der Waals surface area (Å²) in [5, 5.41) is 48.1. The Kier molecular flexibility index (Phi) is 14.5. The van der Waals surface area contributed by atoms with Crippen molar-refractivity contribution in [3.8, 4) is 11.8 Å². The Balaban J connectivity index is 0.000000260. The Hall–Kier alpha value is -2.10. The molecule has 6 heterocycles. The predicted molar refractivity (Wildman–Crippen MR) is 166 cm³/mol. The summed E-state index contributed by atoms with van der Waals surface area (Å²) < 4.78 is 2.42. The van der Waals surface area contributed by atoms with Gasteiger partial charge in [0.05, 0.1) is 23.3 Å². The standard InChI is InChI=1S/2C12H13N5O5S2.2Na/c2*1-16-12(14-7(18)8(19)15-16)24-3-4-2-23-10-5(13)9(20)17(10)6(4)11(21)22;;/h2*5,10H,2-3,13H2,1H3,(H,15,19)(H,21,22);;/q;;2*+1/p-2/t2*5?,10-;;/m00../s1. The molecule has 4 aliphatic heterocycles. The number of carboxylic acid groups (broad SMARTS) is 2. The van der Waals surface area contributed by atoms with Crippen molar-refractivity contribution >= 4 is 70.8 Å². The van der Waals surface area contributed by atoms with Crippen molar-refractivity contribution in [1.29, 1.82) is 0 Å². The molecule has 0 radical (unpaired) electrons. The number of rotatable bonds is 8. The number of thioether (sulfide) groups is 4. The summed E-state index contributed by atoms with van der Waals surface area (Å²) >= 11 is 4.89. The first kappa shape index (κ1) is 42.3. The van der Waals surface area contributed by atoms with Gasteiger partial charge in [-0.3, -0.25) is 29.0 Å². The Bertz CT molecular complexity index is 1790. The normalized spacial score (nSPS) is 22.2. The van der Waals surface area contributed by atoms with Crippen molar-refractivity contribution in [1.82, 2.24) is 39.3 Å². The molecule has 0 aliphatic carbocycles. The SMILES string of the molecule is Cn1nc(O)c(=O)nc1SCC1=C(C(=O)[O-])N2C(=O)C(N)[C@@H]2SC1.Cn1nc(O)c(=O)nc1SCC1=C(C(=O)[O-])N2C(=O)C(N)[C@@H]2SC1.[Na+].[Na+]. The van der Waals surface area contributed by atoms with Crippen LogP contribution in [-0.2, 0) is 33.3 Å². The molecular formula is C24H24N10Na2O10S4. The van der Waals surface area contributed by atoms with Gasteiger partial charge in [-0.05, 0) is 11.1 Å². The van der Waals surface area contributed by atoms with Crippen molar-refractivity contribution in [3.63, 3.8) is 0 Å². The van der Waals surface area contributed by atoms with Gasteiger partial charge in [-0.25, -0.2) is 9.36 Å². The maximum Gasteiger partial charge on any atom is 1.00 e. The molecule has 2 fully saturated rings. The fourth-order valence-electron chi connectivity index (χ4n) is 4.79. The summed E-state index contributed by atoms with van der Waals surface area (Å²) in [5.74, 6) is -4.13. The number of nitrogens with zero attached hydrogens (tertiary/aromatic N) is 8. The molecule has 6 N–H and O–H groups in total. The van der Waals surface area contributed by atoms with Gasteiger partial charge >= 0.3 is 70.2 Å². The Morgan fingerprint density at radius 3 is 1.42 bits per heavy atom. The molecule has 0 bridgehead atoms. The molecular weight excluding hydrogens is 763 g/mol. The molecule has 50 heavy (non-hydrogen) atoms. The first-order valence-electron chi connectivity index (χ1n) is 13.4. The van der Waals surface area contributed by atoms with E-state index in [0.29, 0.717) is 22.7 Å². The topological polar surface area (TPSA) is 309 Å². The third-order valence-electron chi connectivity index (χ3n) is 7.13. The summed E-state index contributed by atoms with van der Waals surface area (Å²) in [4.78, 5) is 78.9. The van der Waals surface area contributed by atoms with Crippen molar-refractivity contribution in [2.24, 2.45) is 25.6 Å². The maximum atomic E-state index is 11.8. The van der Waals surface area contributed by atoms with Crippen LogP contribution in [0.3, 0.4) is 0 Å². The van der Waals surface area contributed by atoms with Crippen LogP contribution in [-0.4, -0.2) is 119 Å². The number of carbonyl (C=O) groups is 4. The van der Waals surface area contributed by atoms with Crippen molar-refractivity contribution in [2.75, 3.05) is 23.0 Å². The van der Waals surface area contributed by atoms with E-state index in [1.807, 2.05) is 0 Å². The van der Waals surface area contributed by atoms with E-state index in [1.165, 1.54) is 47.0 Å². The number of carbonyl (C=O) groups excluding carboxylic acids is 4. The number of aromatic hydroxyl groups is 2. The van der Waals surface area contributed by atoms with Gasteiger partial charge in [0.15, 0.2) is 10.3 Å². The van der Waals surface area contributed by atoms with E-state index in [4.69, 9.17) is 11.5 Å². The van der Waals surface area contributed by atoms with Gasteiger partial charge in [0.2, 0.25) is 11.8 Å². The molecule has 256 valence electrons. The summed E-state index contributed by atoms with van der Waals surface area (Å²) in [6.07, 6.45) is 0. The zero-order valence-corrected chi connectivity index (χ0v) is 33.9. The first-order chi connectivity index (χ1) is 22.6. The second-order valence-electron chi connectivity index (χ2n) is 10.2. The number of hydrogen-bond donors (Lipinski definition) is 4. The molecule has 0 aromatic carbocycles. The number of aryl methyl sites for hydroxylation is 2. The molecule has 2 aromatic heterocycles. The average Bonchev–Trinajstić information content (AvgIpc) is 3.05. The second-order valence-corrected chi connectivity index (χ2v) is 14.3. The molecule has 4 atom stereocenters. The van der Waals surface area contributed by atoms with Crippen LogP contribution in [0.4, 0.5) is 0 Å². The fourth-order valence-corrected chi connectivity index (χ4v) is 9.47. The number of amides is 2. The second kappa shape index (κ2) is 17.2. The average molecular weight is 787 g/mol. The molecule has 0 saturated carbocycles. The number of aromatic nitrogens is 6. The zero-order valence-electron chi connectivity index (χ0n) is 26.7. The van der Waals surface area contributed by atoms with Gasteiger partial charge in [0, 0.05) is 37.1 Å². The largest absolute Gasteiger partial charge is 1.00 e. The van der Waals surface area contributed by atoms with Crippen LogP contribution in [0.15, 0.2) is 42.4 Å². The summed E-state index contributed by atoms with van der Waals surface area (Å²) in [6, 6.07) is -1.41. The quantitative estimate of drug-likeness (QED) is 0.110. The molecule has 2 aromatic rings. The first-order valence-corrected chi connectivity index (χ1v) is 17.5. The van der Waals surface area contributed by atoms with Gasteiger partial charge in [-0.15, -0.1) is 33.7 Å². The molecule has 2 amide bonds. The molecule has 2 unspecified atom stereocenters. The van der Waals surface area contributed by atoms with E-state index >= 15 is 0 Å². The molecule has 20 nitrogen and oxygen atoms in total. The van der Waals surface area contributed by atoms with E-state index in [2.05, 4.69) is 20.2 Å². The number of aliphatic carboxylic acids is 2. The van der Waals surface area contributed by atoms with Crippen LogP contribution >= 0.6 is 47.0 Å². The van der Waals surface area contributed by atoms with E-state index in [0.717, 1.165) is 33.3 Å². The van der Waals surface area contributed by atoms with Crippen LogP contribution in [0.5, 0.6) is 11.8 Å².